The lowest BCUT2D eigenvalue weighted by atomic mass is 10.1. The molecular formula is C14H15NO3S2. The highest BCUT2D eigenvalue weighted by Crippen LogP contribution is 2.25. The van der Waals surface area contributed by atoms with Crippen LogP contribution >= 0.6 is 11.3 Å². The van der Waals surface area contributed by atoms with Gasteiger partial charge >= 0.3 is 0 Å². The maximum absolute atomic E-state index is 12.3. The second kappa shape index (κ2) is 5.29. The molecule has 1 aliphatic rings. The molecule has 1 heterocycles. The molecule has 0 radical (unpaired) electrons. The first-order valence-electron chi connectivity index (χ1n) is 6.36. The SMILES string of the molecule is O=S(=O)(NC1Cc2ccccc2C1)c1cc(CO)cs1. The van der Waals surface area contributed by atoms with Gasteiger partial charge in [0.25, 0.3) is 0 Å². The number of benzene rings is 1. The number of fused-ring (bicyclic) bond motifs is 1. The average molecular weight is 309 g/mol. The molecule has 0 unspecified atom stereocenters. The van der Waals surface area contributed by atoms with Gasteiger partial charge in [0, 0.05) is 6.04 Å². The zero-order chi connectivity index (χ0) is 14.2. The molecule has 0 amide bonds. The van der Waals surface area contributed by atoms with Gasteiger partial charge in [-0.2, -0.15) is 0 Å². The number of hydrogen-bond acceptors (Lipinski definition) is 4. The summed E-state index contributed by atoms with van der Waals surface area (Å²) in [5.41, 5.74) is 3.05. The van der Waals surface area contributed by atoms with Crippen molar-refractivity contribution in [1.82, 2.24) is 4.72 Å². The summed E-state index contributed by atoms with van der Waals surface area (Å²) in [5, 5.41) is 10.7. The van der Waals surface area contributed by atoms with Crippen LogP contribution in [0.4, 0.5) is 0 Å². The summed E-state index contributed by atoms with van der Waals surface area (Å²) in [6.45, 7) is -0.138. The highest BCUT2D eigenvalue weighted by Gasteiger charge is 2.27. The van der Waals surface area contributed by atoms with Crippen LogP contribution in [0.1, 0.15) is 16.7 Å². The number of aliphatic hydroxyl groups excluding tert-OH is 1. The van der Waals surface area contributed by atoms with E-state index in [1.165, 1.54) is 17.2 Å². The van der Waals surface area contributed by atoms with Crippen LogP contribution < -0.4 is 4.72 Å². The van der Waals surface area contributed by atoms with Crippen LogP contribution in [0.25, 0.3) is 0 Å². The predicted octanol–water partition coefficient (Wildman–Crippen LogP) is 1.69. The van der Waals surface area contributed by atoms with Crippen LogP contribution in [0.5, 0.6) is 0 Å². The van der Waals surface area contributed by atoms with Gasteiger partial charge in [0.2, 0.25) is 10.0 Å². The minimum Gasteiger partial charge on any atom is -0.392 e. The maximum Gasteiger partial charge on any atom is 0.250 e. The topological polar surface area (TPSA) is 66.4 Å². The fourth-order valence-corrected chi connectivity index (χ4v) is 4.95. The Morgan fingerprint density at radius 3 is 2.45 bits per heavy atom. The van der Waals surface area contributed by atoms with Crippen molar-refractivity contribution in [3.05, 3.63) is 52.4 Å². The summed E-state index contributed by atoms with van der Waals surface area (Å²) in [4.78, 5) is 0. The molecule has 0 fully saturated rings. The third-order valence-corrected chi connectivity index (χ3v) is 6.46. The predicted molar refractivity (Wildman–Crippen MR) is 78.2 cm³/mol. The lowest BCUT2D eigenvalue weighted by Crippen LogP contribution is -2.34. The van der Waals surface area contributed by atoms with Crippen LogP contribution in [0, 0.1) is 0 Å². The van der Waals surface area contributed by atoms with Crippen molar-refractivity contribution in [2.45, 2.75) is 29.7 Å². The van der Waals surface area contributed by atoms with Gasteiger partial charge in [0.15, 0.2) is 0 Å². The Morgan fingerprint density at radius 2 is 1.90 bits per heavy atom. The van der Waals surface area contributed by atoms with Gasteiger partial charge in [-0.3, -0.25) is 0 Å². The average Bonchev–Trinajstić information content (AvgIpc) is 3.04. The molecule has 1 aliphatic carbocycles. The van der Waals surface area contributed by atoms with Crippen LogP contribution in [-0.2, 0) is 29.5 Å². The van der Waals surface area contributed by atoms with Gasteiger partial charge < -0.3 is 5.11 Å². The smallest absolute Gasteiger partial charge is 0.250 e. The molecule has 1 aromatic carbocycles. The summed E-state index contributed by atoms with van der Waals surface area (Å²) >= 11 is 1.14. The second-order valence-corrected chi connectivity index (χ2v) is 7.78. The van der Waals surface area contributed by atoms with E-state index in [4.69, 9.17) is 5.11 Å². The zero-order valence-corrected chi connectivity index (χ0v) is 12.4. The quantitative estimate of drug-likeness (QED) is 0.903. The van der Waals surface area contributed by atoms with Crippen molar-refractivity contribution >= 4 is 21.4 Å². The van der Waals surface area contributed by atoms with E-state index in [1.807, 2.05) is 24.3 Å². The van der Waals surface area contributed by atoms with Gasteiger partial charge in [-0.1, -0.05) is 24.3 Å². The van der Waals surface area contributed by atoms with E-state index in [0.29, 0.717) is 5.56 Å². The molecule has 0 spiro atoms. The lowest BCUT2D eigenvalue weighted by molar-refractivity contribution is 0.282. The fraction of sp³-hybridized carbons (Fsp3) is 0.286. The molecule has 20 heavy (non-hydrogen) atoms. The monoisotopic (exact) mass is 309 g/mol. The van der Waals surface area contributed by atoms with Crippen molar-refractivity contribution < 1.29 is 13.5 Å². The van der Waals surface area contributed by atoms with E-state index < -0.39 is 10.0 Å². The fourth-order valence-electron chi connectivity index (χ4n) is 2.50. The molecule has 0 atom stereocenters. The van der Waals surface area contributed by atoms with Crippen LogP contribution in [0.15, 0.2) is 39.9 Å². The second-order valence-electron chi connectivity index (χ2n) is 4.93. The molecule has 0 aliphatic heterocycles. The van der Waals surface area contributed by atoms with Crippen LogP contribution in [0.3, 0.4) is 0 Å². The van der Waals surface area contributed by atoms with Crippen molar-refractivity contribution in [2.24, 2.45) is 0 Å². The highest BCUT2D eigenvalue weighted by atomic mass is 32.2. The Labute approximate surface area is 122 Å². The molecule has 3 rings (SSSR count). The third kappa shape index (κ3) is 2.64. The molecule has 0 bridgehead atoms. The summed E-state index contributed by atoms with van der Waals surface area (Å²) in [6.07, 6.45) is 1.46. The standard InChI is InChI=1S/C14H15NO3S2/c16-8-10-5-14(19-9-10)20(17,18)15-13-6-11-3-1-2-4-12(11)7-13/h1-5,9,13,15-16H,6-8H2. The molecule has 0 saturated heterocycles. The maximum atomic E-state index is 12.3. The van der Waals surface area contributed by atoms with Gasteiger partial charge in [0.1, 0.15) is 4.21 Å². The number of nitrogens with one attached hydrogen (secondary N) is 1. The van der Waals surface area contributed by atoms with Gasteiger partial charge in [-0.05, 0) is 41.0 Å². The molecule has 1 aromatic heterocycles. The summed E-state index contributed by atoms with van der Waals surface area (Å²) in [5.74, 6) is 0. The molecule has 4 nitrogen and oxygen atoms in total. The van der Waals surface area contributed by atoms with E-state index in [0.717, 1.165) is 24.2 Å². The Kier molecular flexibility index (Phi) is 3.64. The van der Waals surface area contributed by atoms with Crippen molar-refractivity contribution in [3.8, 4) is 0 Å². The lowest BCUT2D eigenvalue weighted by Gasteiger charge is -2.11. The van der Waals surface area contributed by atoms with Crippen molar-refractivity contribution in [3.63, 3.8) is 0 Å². The van der Waals surface area contributed by atoms with Gasteiger partial charge in [-0.15, -0.1) is 11.3 Å². The highest BCUT2D eigenvalue weighted by molar-refractivity contribution is 7.91. The minimum absolute atomic E-state index is 0.0860. The summed E-state index contributed by atoms with van der Waals surface area (Å²) < 4.78 is 27.6. The number of sulfonamides is 1. The molecule has 106 valence electrons. The molecular weight excluding hydrogens is 294 g/mol. The first kappa shape index (κ1) is 13.8. The number of thiophene rings is 1. The normalized spacial score (nSPS) is 15.4. The van der Waals surface area contributed by atoms with Crippen LogP contribution in [-0.4, -0.2) is 19.6 Å². The van der Waals surface area contributed by atoms with Crippen LogP contribution in [0.2, 0.25) is 0 Å². The van der Waals surface area contributed by atoms with E-state index in [-0.39, 0.29) is 16.9 Å². The minimum atomic E-state index is -3.49. The number of aliphatic hydroxyl groups is 1. The van der Waals surface area contributed by atoms with Gasteiger partial charge in [-0.25, -0.2) is 13.1 Å². The summed E-state index contributed by atoms with van der Waals surface area (Å²) in [7, 11) is -3.49. The van der Waals surface area contributed by atoms with E-state index in [2.05, 4.69) is 4.72 Å². The molecule has 0 saturated carbocycles. The van der Waals surface area contributed by atoms with Crippen molar-refractivity contribution in [1.29, 1.82) is 0 Å². The first-order chi connectivity index (χ1) is 9.58. The summed E-state index contributed by atoms with van der Waals surface area (Å²) in [6, 6.07) is 9.47. The van der Waals surface area contributed by atoms with E-state index >= 15 is 0 Å². The third-order valence-electron chi connectivity index (χ3n) is 3.45. The Morgan fingerprint density at radius 1 is 1.25 bits per heavy atom. The molecule has 2 aromatic rings. The Hall–Kier alpha value is -1.21. The van der Waals surface area contributed by atoms with Gasteiger partial charge in [0.05, 0.1) is 6.61 Å². The number of hydrogen-bond donors (Lipinski definition) is 2. The number of rotatable bonds is 4. The largest absolute Gasteiger partial charge is 0.392 e. The first-order valence-corrected chi connectivity index (χ1v) is 8.72. The Balaban J connectivity index is 1.75. The van der Waals surface area contributed by atoms with Crippen molar-refractivity contribution in [2.75, 3.05) is 0 Å². The zero-order valence-electron chi connectivity index (χ0n) is 10.7. The van der Waals surface area contributed by atoms with E-state index in [1.54, 1.807) is 5.38 Å². The Bertz CT molecular complexity index is 697. The molecule has 2 N–H and O–H groups in total. The molecule has 6 heteroatoms. The van der Waals surface area contributed by atoms with E-state index in [9.17, 15) is 8.42 Å².